The van der Waals surface area contributed by atoms with Crippen molar-refractivity contribution in [3.63, 3.8) is 0 Å². The predicted molar refractivity (Wildman–Crippen MR) is 147 cm³/mol. The molecule has 39 heavy (non-hydrogen) atoms. The minimum absolute atomic E-state index is 0.000172. The van der Waals surface area contributed by atoms with Gasteiger partial charge in [0, 0.05) is 6.04 Å². The van der Waals surface area contributed by atoms with Crippen LogP contribution < -0.4 is 10.0 Å². The lowest BCUT2D eigenvalue weighted by molar-refractivity contribution is -0.122. The van der Waals surface area contributed by atoms with Gasteiger partial charge < -0.3 is 0 Å². The van der Waals surface area contributed by atoms with Gasteiger partial charge in [-0.1, -0.05) is 60.7 Å². The average molecular weight is 564 g/mol. The van der Waals surface area contributed by atoms with Gasteiger partial charge in [0.2, 0.25) is 26.0 Å². The third-order valence-electron chi connectivity index (χ3n) is 6.81. The zero-order valence-electron chi connectivity index (χ0n) is 20.8. The van der Waals surface area contributed by atoms with Crippen LogP contribution in [-0.2, 0) is 29.6 Å². The molecule has 0 spiro atoms. The number of sulfonamides is 2. The molecule has 2 unspecified atom stereocenters. The van der Waals surface area contributed by atoms with Crippen LogP contribution in [0.25, 0.3) is 10.8 Å². The largest absolute Gasteiger partial charge is 0.274 e. The number of imide groups is 1. The molecule has 0 aliphatic carbocycles. The van der Waals surface area contributed by atoms with Gasteiger partial charge in [-0.2, -0.15) is 4.31 Å². The highest BCUT2D eigenvalue weighted by molar-refractivity contribution is 7.89. The van der Waals surface area contributed by atoms with Crippen molar-refractivity contribution < 1.29 is 26.4 Å². The van der Waals surface area contributed by atoms with Gasteiger partial charge in [-0.15, -0.1) is 0 Å². The molecule has 1 saturated heterocycles. The molecule has 0 aromatic heterocycles. The van der Waals surface area contributed by atoms with E-state index in [0.29, 0.717) is 5.56 Å². The molecule has 200 valence electrons. The summed E-state index contributed by atoms with van der Waals surface area (Å²) in [4.78, 5) is 27.5. The van der Waals surface area contributed by atoms with Crippen molar-refractivity contribution in [2.45, 2.75) is 35.2 Å². The van der Waals surface area contributed by atoms with E-state index >= 15 is 0 Å². The van der Waals surface area contributed by atoms with E-state index in [4.69, 9.17) is 5.14 Å². The SMILES string of the molecule is CC(c1ccccc1)N(C1CC(=O)N(c2ccc(S(N)(=O)=O)cc2)C1=O)S(=O)(=O)c1ccc2ccccc2c1. The number of primary sulfonamides is 1. The smallest absolute Gasteiger partial charge is 0.252 e. The average Bonchev–Trinajstić information content (AvgIpc) is 3.21. The number of fused-ring (bicyclic) bond motifs is 1. The zero-order valence-corrected chi connectivity index (χ0v) is 22.5. The zero-order chi connectivity index (χ0) is 27.9. The first-order valence-corrected chi connectivity index (χ1v) is 15.0. The second-order valence-corrected chi connectivity index (χ2v) is 12.7. The quantitative estimate of drug-likeness (QED) is 0.342. The fourth-order valence-corrected chi connectivity index (χ4v) is 7.16. The van der Waals surface area contributed by atoms with Gasteiger partial charge in [0.25, 0.3) is 5.91 Å². The van der Waals surface area contributed by atoms with Crippen molar-refractivity contribution in [1.82, 2.24) is 4.31 Å². The van der Waals surface area contributed by atoms with Crippen LogP contribution in [0.4, 0.5) is 5.69 Å². The van der Waals surface area contributed by atoms with Gasteiger partial charge in [-0.25, -0.2) is 26.9 Å². The summed E-state index contributed by atoms with van der Waals surface area (Å²) in [7, 11) is -8.25. The molecular weight excluding hydrogens is 538 g/mol. The summed E-state index contributed by atoms with van der Waals surface area (Å²) in [5.74, 6) is -1.33. The van der Waals surface area contributed by atoms with Crippen LogP contribution in [0.5, 0.6) is 0 Å². The molecule has 2 amide bonds. The molecule has 4 aromatic carbocycles. The summed E-state index contributed by atoms with van der Waals surface area (Å²) in [6.45, 7) is 1.68. The van der Waals surface area contributed by atoms with Crippen molar-refractivity contribution in [2.75, 3.05) is 4.90 Å². The lowest BCUT2D eigenvalue weighted by Crippen LogP contribution is -2.46. The first-order chi connectivity index (χ1) is 18.5. The van der Waals surface area contributed by atoms with Gasteiger partial charge in [-0.3, -0.25) is 9.59 Å². The van der Waals surface area contributed by atoms with Crippen LogP contribution in [0.1, 0.15) is 24.9 Å². The number of nitrogens with zero attached hydrogens (tertiary/aromatic N) is 2. The summed E-state index contributed by atoms with van der Waals surface area (Å²) in [5.41, 5.74) is 0.772. The van der Waals surface area contributed by atoms with Crippen LogP contribution >= 0.6 is 0 Å². The maximum absolute atomic E-state index is 14.2. The van der Waals surface area contributed by atoms with Crippen LogP contribution in [0.2, 0.25) is 0 Å². The summed E-state index contributed by atoms with van der Waals surface area (Å²) in [5, 5.41) is 6.73. The van der Waals surface area contributed by atoms with Crippen molar-refractivity contribution in [3.8, 4) is 0 Å². The van der Waals surface area contributed by atoms with E-state index in [1.54, 1.807) is 61.5 Å². The Bertz CT molecular complexity index is 1790. The minimum atomic E-state index is -4.27. The summed E-state index contributed by atoms with van der Waals surface area (Å²) < 4.78 is 52.7. The van der Waals surface area contributed by atoms with Crippen molar-refractivity contribution in [2.24, 2.45) is 5.14 Å². The van der Waals surface area contributed by atoms with Crippen molar-refractivity contribution in [3.05, 3.63) is 103 Å². The first kappa shape index (κ1) is 26.7. The molecule has 0 radical (unpaired) electrons. The van der Waals surface area contributed by atoms with E-state index in [9.17, 15) is 26.4 Å². The predicted octanol–water partition coefficient (Wildman–Crippen LogP) is 3.57. The van der Waals surface area contributed by atoms with E-state index in [2.05, 4.69) is 0 Å². The molecule has 9 nitrogen and oxygen atoms in total. The summed E-state index contributed by atoms with van der Waals surface area (Å²) in [6, 6.07) is 23.8. The Balaban J connectivity index is 1.58. The first-order valence-electron chi connectivity index (χ1n) is 12.1. The monoisotopic (exact) mass is 563 g/mol. The number of amides is 2. The van der Waals surface area contributed by atoms with Crippen LogP contribution in [0.15, 0.2) is 107 Å². The molecule has 4 aromatic rings. The highest BCUT2D eigenvalue weighted by Gasteiger charge is 2.49. The normalized spacial score (nSPS) is 17.2. The maximum Gasteiger partial charge on any atom is 0.252 e. The van der Waals surface area contributed by atoms with Gasteiger partial charge in [0.15, 0.2) is 0 Å². The molecule has 1 aliphatic rings. The van der Waals surface area contributed by atoms with Gasteiger partial charge in [0.05, 0.1) is 21.9 Å². The number of hydrogen-bond acceptors (Lipinski definition) is 6. The van der Waals surface area contributed by atoms with E-state index in [1.807, 2.05) is 12.1 Å². The Hall–Kier alpha value is -3.90. The Morgan fingerprint density at radius 1 is 0.795 bits per heavy atom. The molecular formula is C28H25N3O6S2. The molecule has 2 atom stereocenters. The van der Waals surface area contributed by atoms with Gasteiger partial charge in [0.1, 0.15) is 6.04 Å². The Labute approximate surface area is 226 Å². The summed E-state index contributed by atoms with van der Waals surface area (Å²) >= 11 is 0. The molecule has 5 rings (SSSR count). The molecule has 1 aliphatic heterocycles. The van der Waals surface area contributed by atoms with Crippen molar-refractivity contribution >= 4 is 48.3 Å². The number of anilines is 1. The Kier molecular flexibility index (Phi) is 6.85. The Morgan fingerprint density at radius 3 is 2.03 bits per heavy atom. The molecule has 11 heteroatoms. The molecule has 1 fully saturated rings. The minimum Gasteiger partial charge on any atom is -0.274 e. The number of nitrogens with two attached hydrogens (primary N) is 1. The summed E-state index contributed by atoms with van der Waals surface area (Å²) in [6.07, 6.45) is -0.375. The number of rotatable bonds is 7. The molecule has 2 N–H and O–H groups in total. The van der Waals surface area contributed by atoms with E-state index in [1.165, 1.54) is 30.3 Å². The number of hydrogen-bond donors (Lipinski definition) is 1. The third-order valence-corrected chi connectivity index (χ3v) is 9.72. The van der Waals surface area contributed by atoms with Crippen LogP contribution in [0, 0.1) is 0 Å². The molecule has 0 bridgehead atoms. The highest BCUT2D eigenvalue weighted by Crippen LogP contribution is 2.36. The lowest BCUT2D eigenvalue weighted by atomic mass is 10.1. The topological polar surface area (TPSA) is 135 Å². The van der Waals surface area contributed by atoms with E-state index in [-0.39, 0.29) is 21.9 Å². The standard InChI is InChI=1S/C28H25N3O6S2/c1-19(20-7-3-2-4-8-20)31(39(36,37)25-14-11-21-9-5-6-10-22(21)17-25)26-18-27(32)30(28(26)33)23-12-15-24(16-13-23)38(29,34)35/h2-17,19,26H,18H2,1H3,(H2,29,34,35). The highest BCUT2D eigenvalue weighted by atomic mass is 32.2. The third kappa shape index (κ3) is 4.97. The number of carbonyl (C=O) groups excluding carboxylic acids is 2. The fourth-order valence-electron chi connectivity index (χ4n) is 4.84. The van der Waals surface area contributed by atoms with Gasteiger partial charge in [-0.05, 0) is 59.7 Å². The molecule has 0 saturated carbocycles. The number of carbonyl (C=O) groups is 2. The maximum atomic E-state index is 14.2. The van der Waals surface area contributed by atoms with E-state index < -0.39 is 43.9 Å². The second-order valence-electron chi connectivity index (χ2n) is 9.26. The molecule has 1 heterocycles. The second kappa shape index (κ2) is 10.0. The lowest BCUT2D eigenvalue weighted by Gasteiger charge is -2.32. The van der Waals surface area contributed by atoms with E-state index in [0.717, 1.165) is 20.0 Å². The van der Waals surface area contributed by atoms with Gasteiger partial charge >= 0.3 is 0 Å². The van der Waals surface area contributed by atoms with Crippen LogP contribution in [0.3, 0.4) is 0 Å². The van der Waals surface area contributed by atoms with Crippen LogP contribution in [-0.4, -0.2) is 39.0 Å². The fraction of sp³-hybridized carbons (Fsp3) is 0.143. The van der Waals surface area contributed by atoms with Crippen molar-refractivity contribution in [1.29, 1.82) is 0 Å². The number of benzene rings is 4. The Morgan fingerprint density at radius 2 is 1.38 bits per heavy atom.